The maximum atomic E-state index is 12.1. The first-order valence-corrected chi connectivity index (χ1v) is 11.1. The Kier molecular flexibility index (Phi) is 9.37. The first kappa shape index (κ1) is 26.8. The van der Waals surface area contributed by atoms with E-state index in [1.165, 1.54) is 0 Å². The second-order valence-electron chi connectivity index (χ2n) is 7.92. The van der Waals surface area contributed by atoms with Gasteiger partial charge in [-0.25, -0.2) is 4.79 Å². The number of urea groups is 1. The molecule has 0 spiro atoms. The van der Waals surface area contributed by atoms with Crippen molar-refractivity contribution in [3.05, 3.63) is 54.6 Å². The van der Waals surface area contributed by atoms with Crippen LogP contribution in [0, 0.1) is 0 Å². The van der Waals surface area contributed by atoms with Gasteiger partial charge in [0.15, 0.2) is 6.29 Å². The monoisotopic (exact) mass is 493 g/mol. The third kappa shape index (κ3) is 8.13. The number of hydrogen-bond acceptors (Lipinski definition) is 10. The minimum atomic E-state index is -2.76. The summed E-state index contributed by atoms with van der Waals surface area (Å²) in [5.74, 6) is -2.76. The van der Waals surface area contributed by atoms with Crippen LogP contribution >= 0.6 is 0 Å². The number of carbonyl (C=O) groups is 1. The van der Waals surface area contributed by atoms with Gasteiger partial charge in [0, 0.05) is 17.1 Å². The lowest BCUT2D eigenvalue weighted by atomic mass is 10.1. The molecule has 0 bridgehead atoms. The Bertz CT molecular complexity index is 928. The van der Waals surface area contributed by atoms with Gasteiger partial charge in [-0.2, -0.15) is 0 Å². The number of ether oxygens (including phenoxy) is 3. The van der Waals surface area contributed by atoms with E-state index >= 15 is 0 Å². The molecule has 1 aliphatic heterocycles. The largest absolute Gasteiger partial charge is 0.368 e. The number of hydrogen-bond donors (Lipinski definition) is 8. The zero-order valence-corrected chi connectivity index (χ0v) is 19.1. The molecule has 8 N–H and O–H groups in total. The van der Waals surface area contributed by atoms with Gasteiger partial charge in [-0.15, -0.1) is 0 Å². The second-order valence-corrected chi connectivity index (χ2v) is 7.92. The average molecular weight is 494 g/mol. The number of benzene rings is 2. The molecule has 0 aliphatic carbocycles. The molecule has 12 heteroatoms. The number of nitrogens with one attached hydrogen (secondary N) is 3. The Morgan fingerprint density at radius 1 is 1.00 bits per heavy atom. The highest BCUT2D eigenvalue weighted by Crippen LogP contribution is 2.30. The van der Waals surface area contributed by atoms with Crippen molar-refractivity contribution in [2.24, 2.45) is 0 Å². The predicted octanol–water partition coefficient (Wildman–Crippen LogP) is 1.28. The molecule has 0 radical (unpaired) electrons. The molecule has 4 unspecified atom stereocenters. The van der Waals surface area contributed by atoms with Crippen molar-refractivity contribution >= 4 is 23.1 Å². The van der Waals surface area contributed by atoms with Crippen LogP contribution in [-0.4, -0.2) is 68.7 Å². The Hall–Kier alpha value is -2.81. The SMILES string of the molecule is CCC(O)OC(OC1CCC(Nc2ccc(NC(=O)Nc3ccccc3)cc2)OC1(O)O)C(O)O. The fourth-order valence-corrected chi connectivity index (χ4v) is 3.33. The van der Waals surface area contributed by atoms with Crippen molar-refractivity contribution in [2.75, 3.05) is 16.0 Å². The van der Waals surface area contributed by atoms with Crippen LogP contribution in [0.2, 0.25) is 0 Å². The lowest BCUT2D eigenvalue weighted by Gasteiger charge is -2.40. The summed E-state index contributed by atoms with van der Waals surface area (Å²) in [4.78, 5) is 12.1. The van der Waals surface area contributed by atoms with Gasteiger partial charge in [0.2, 0.25) is 12.6 Å². The van der Waals surface area contributed by atoms with Gasteiger partial charge in [0.25, 0.3) is 0 Å². The maximum absolute atomic E-state index is 12.1. The van der Waals surface area contributed by atoms with Gasteiger partial charge in [-0.1, -0.05) is 25.1 Å². The zero-order chi connectivity index (χ0) is 25.4. The third-order valence-corrected chi connectivity index (χ3v) is 5.11. The fourth-order valence-electron chi connectivity index (χ4n) is 3.33. The molecule has 3 rings (SSSR count). The molecule has 12 nitrogen and oxygen atoms in total. The number of aliphatic hydroxyl groups excluding tert-OH is 2. The minimum absolute atomic E-state index is 0.0682. The van der Waals surface area contributed by atoms with Crippen LogP contribution in [-0.2, 0) is 14.2 Å². The first-order valence-electron chi connectivity index (χ1n) is 11.1. The highest BCUT2D eigenvalue weighted by atomic mass is 16.8. The molecule has 1 heterocycles. The Labute approximate surface area is 202 Å². The van der Waals surface area contributed by atoms with E-state index < -0.39 is 43.2 Å². The van der Waals surface area contributed by atoms with E-state index in [0.29, 0.717) is 17.1 Å². The quantitative estimate of drug-likeness (QED) is 0.225. The third-order valence-electron chi connectivity index (χ3n) is 5.11. The zero-order valence-electron chi connectivity index (χ0n) is 19.1. The highest BCUT2D eigenvalue weighted by Gasteiger charge is 2.46. The van der Waals surface area contributed by atoms with E-state index in [2.05, 4.69) is 16.0 Å². The maximum Gasteiger partial charge on any atom is 0.323 e. The van der Waals surface area contributed by atoms with E-state index in [4.69, 9.17) is 14.2 Å². The van der Waals surface area contributed by atoms with Crippen LogP contribution in [0.1, 0.15) is 26.2 Å². The molecule has 1 aliphatic rings. The lowest BCUT2D eigenvalue weighted by Crippen LogP contribution is -2.56. The van der Waals surface area contributed by atoms with Crippen molar-refractivity contribution in [3.8, 4) is 0 Å². The van der Waals surface area contributed by atoms with Crippen LogP contribution in [0.3, 0.4) is 0 Å². The Morgan fingerprint density at radius 3 is 2.17 bits per heavy atom. The van der Waals surface area contributed by atoms with E-state index in [0.717, 1.165) is 0 Å². The van der Waals surface area contributed by atoms with Crippen LogP contribution in [0.25, 0.3) is 0 Å². The molecular weight excluding hydrogens is 462 g/mol. The molecule has 2 aromatic carbocycles. The summed E-state index contributed by atoms with van der Waals surface area (Å²) < 4.78 is 15.5. The van der Waals surface area contributed by atoms with Crippen molar-refractivity contribution in [2.45, 2.75) is 63.4 Å². The number of para-hydroxylation sites is 1. The Morgan fingerprint density at radius 2 is 1.60 bits per heavy atom. The van der Waals surface area contributed by atoms with Crippen molar-refractivity contribution < 1.29 is 44.5 Å². The molecule has 35 heavy (non-hydrogen) atoms. The van der Waals surface area contributed by atoms with Gasteiger partial charge in [0.1, 0.15) is 12.3 Å². The molecule has 1 fully saturated rings. The lowest BCUT2D eigenvalue weighted by molar-refractivity contribution is -0.432. The number of aliphatic hydroxyl groups is 5. The van der Waals surface area contributed by atoms with E-state index in [1.807, 2.05) is 18.2 Å². The number of anilines is 3. The predicted molar refractivity (Wildman–Crippen MR) is 125 cm³/mol. The standard InChI is InChI=1S/C23H31N3O9/c1-2-19(27)34-21(20(28)29)33-17-12-13-18(35-23(17,31)32)24-15-8-10-16(11-9-15)26-22(30)25-14-6-4-3-5-7-14/h3-11,17-21,24,27-29,31-32H,2,12-13H2,1H3,(H2,25,26,30). The highest BCUT2D eigenvalue weighted by molar-refractivity contribution is 5.99. The number of amides is 2. The van der Waals surface area contributed by atoms with Crippen molar-refractivity contribution in [3.63, 3.8) is 0 Å². The van der Waals surface area contributed by atoms with Gasteiger partial charge in [-0.05, 0) is 55.7 Å². The molecule has 2 aromatic rings. The van der Waals surface area contributed by atoms with E-state index in [-0.39, 0.29) is 19.3 Å². The summed E-state index contributed by atoms with van der Waals surface area (Å²) in [6.07, 6.45) is -6.82. The van der Waals surface area contributed by atoms with Crippen LogP contribution in [0.4, 0.5) is 21.9 Å². The van der Waals surface area contributed by atoms with Crippen LogP contribution in [0.5, 0.6) is 0 Å². The number of carbonyl (C=O) groups excluding carboxylic acids is 1. The summed E-state index contributed by atoms with van der Waals surface area (Å²) in [6.45, 7) is 1.61. The van der Waals surface area contributed by atoms with Crippen molar-refractivity contribution in [1.29, 1.82) is 0 Å². The molecule has 4 atom stereocenters. The molecule has 2 amide bonds. The molecule has 0 saturated carbocycles. The van der Waals surface area contributed by atoms with Gasteiger partial charge < -0.3 is 55.7 Å². The smallest absolute Gasteiger partial charge is 0.323 e. The van der Waals surface area contributed by atoms with E-state index in [9.17, 15) is 30.3 Å². The normalized spacial score (nSPS) is 21.2. The molecule has 1 saturated heterocycles. The number of rotatable bonds is 10. The summed E-state index contributed by atoms with van der Waals surface area (Å²) in [5.41, 5.74) is 1.80. The molecule has 0 aromatic heterocycles. The minimum Gasteiger partial charge on any atom is -0.368 e. The average Bonchev–Trinajstić information content (AvgIpc) is 2.81. The molecule has 192 valence electrons. The van der Waals surface area contributed by atoms with Crippen LogP contribution in [0.15, 0.2) is 54.6 Å². The summed E-state index contributed by atoms with van der Waals surface area (Å²) in [7, 11) is 0. The van der Waals surface area contributed by atoms with Crippen LogP contribution < -0.4 is 16.0 Å². The second kappa shape index (κ2) is 12.2. The molecular formula is C23H31N3O9. The summed E-state index contributed by atoms with van der Waals surface area (Å²) in [5, 5.41) is 57.4. The first-order chi connectivity index (χ1) is 16.7. The van der Waals surface area contributed by atoms with Crippen molar-refractivity contribution in [1.82, 2.24) is 0 Å². The Balaban J connectivity index is 1.51. The summed E-state index contributed by atoms with van der Waals surface area (Å²) in [6, 6.07) is 15.3. The summed E-state index contributed by atoms with van der Waals surface area (Å²) >= 11 is 0. The topological polar surface area (TPSA) is 182 Å². The van der Waals surface area contributed by atoms with Gasteiger partial charge >= 0.3 is 12.0 Å². The van der Waals surface area contributed by atoms with Gasteiger partial charge in [0.05, 0.1) is 0 Å². The van der Waals surface area contributed by atoms with E-state index in [1.54, 1.807) is 43.3 Å². The van der Waals surface area contributed by atoms with Gasteiger partial charge in [-0.3, -0.25) is 0 Å². The fraction of sp³-hybridized carbons (Fsp3) is 0.435.